The minimum Gasteiger partial charge on any atom is -0.312 e. The van der Waals surface area contributed by atoms with Gasteiger partial charge in [-0.2, -0.15) is 0 Å². The molecule has 2 unspecified atom stereocenters. The molecule has 0 saturated carbocycles. The highest BCUT2D eigenvalue weighted by molar-refractivity contribution is 5.41. The van der Waals surface area contributed by atoms with Crippen LogP contribution in [0, 0.1) is 5.92 Å². The van der Waals surface area contributed by atoms with E-state index in [2.05, 4.69) is 79.8 Å². The Kier molecular flexibility index (Phi) is 3.62. The molecule has 1 N–H and O–H groups in total. The molecule has 1 heterocycles. The van der Waals surface area contributed by atoms with E-state index in [1.165, 1.54) is 17.5 Å². The number of nitrogens with one attached hydrogen (secondary N) is 1. The van der Waals surface area contributed by atoms with Crippen molar-refractivity contribution in [2.45, 2.75) is 31.7 Å². The van der Waals surface area contributed by atoms with Crippen molar-refractivity contribution in [3.05, 3.63) is 71.8 Å². The third-order valence-corrected chi connectivity index (χ3v) is 4.90. The van der Waals surface area contributed by atoms with Crippen molar-refractivity contribution in [1.82, 2.24) is 5.32 Å². The van der Waals surface area contributed by atoms with Gasteiger partial charge in [-0.3, -0.25) is 0 Å². The van der Waals surface area contributed by atoms with E-state index in [9.17, 15) is 0 Å². The van der Waals surface area contributed by atoms with Gasteiger partial charge in [0.1, 0.15) is 0 Å². The molecule has 0 aliphatic carbocycles. The monoisotopic (exact) mass is 265 g/mol. The summed E-state index contributed by atoms with van der Waals surface area (Å²) in [5.74, 6) is 0.695. The molecular formula is C19H23N. The van der Waals surface area contributed by atoms with Crippen LogP contribution in [-0.2, 0) is 5.41 Å². The van der Waals surface area contributed by atoms with Crippen LogP contribution in [0.3, 0.4) is 0 Å². The molecule has 1 aliphatic rings. The van der Waals surface area contributed by atoms with Gasteiger partial charge in [0.15, 0.2) is 0 Å². The second-order valence-corrected chi connectivity index (χ2v) is 6.13. The molecule has 2 atom stereocenters. The second-order valence-electron chi connectivity index (χ2n) is 6.13. The molecule has 2 aromatic rings. The number of rotatable bonds is 3. The molecule has 2 aromatic carbocycles. The maximum atomic E-state index is 3.74. The van der Waals surface area contributed by atoms with Crippen LogP contribution in [0.1, 0.15) is 31.4 Å². The Hall–Kier alpha value is -1.60. The topological polar surface area (TPSA) is 12.0 Å². The van der Waals surface area contributed by atoms with E-state index in [0.717, 1.165) is 6.54 Å². The molecule has 3 rings (SSSR count). The van der Waals surface area contributed by atoms with Gasteiger partial charge < -0.3 is 5.32 Å². The zero-order chi connectivity index (χ0) is 14.0. The highest BCUT2D eigenvalue weighted by Crippen LogP contribution is 2.40. The third kappa shape index (κ3) is 2.16. The van der Waals surface area contributed by atoms with Gasteiger partial charge in [-0.15, -0.1) is 0 Å². The Bertz CT molecular complexity index is 507. The predicted octanol–water partition coefficient (Wildman–Crippen LogP) is 3.99. The molecule has 1 aliphatic heterocycles. The van der Waals surface area contributed by atoms with Crippen LogP contribution in [-0.4, -0.2) is 12.6 Å². The van der Waals surface area contributed by atoms with Crippen molar-refractivity contribution in [3.63, 3.8) is 0 Å². The molecule has 104 valence electrons. The molecule has 1 nitrogen and oxygen atoms in total. The maximum absolute atomic E-state index is 3.74. The van der Waals surface area contributed by atoms with Crippen LogP contribution in [0.2, 0.25) is 0 Å². The van der Waals surface area contributed by atoms with E-state index in [4.69, 9.17) is 0 Å². The molecule has 0 aromatic heterocycles. The van der Waals surface area contributed by atoms with Crippen molar-refractivity contribution >= 4 is 0 Å². The average molecular weight is 265 g/mol. The Balaban J connectivity index is 2.13. The largest absolute Gasteiger partial charge is 0.312 e. The van der Waals surface area contributed by atoms with Gasteiger partial charge >= 0.3 is 0 Å². The van der Waals surface area contributed by atoms with Gasteiger partial charge in [0, 0.05) is 11.5 Å². The normalized spacial score (nSPS) is 22.9. The highest BCUT2D eigenvalue weighted by Gasteiger charge is 2.42. The van der Waals surface area contributed by atoms with Crippen molar-refractivity contribution < 1.29 is 0 Å². The molecule has 1 heteroatoms. The lowest BCUT2D eigenvalue weighted by Gasteiger charge is -2.39. The molecule has 0 radical (unpaired) electrons. The van der Waals surface area contributed by atoms with Crippen LogP contribution in [0.15, 0.2) is 60.7 Å². The fourth-order valence-electron chi connectivity index (χ4n) is 3.70. The first-order valence-corrected chi connectivity index (χ1v) is 7.57. The lowest BCUT2D eigenvalue weighted by molar-refractivity contribution is 0.341. The van der Waals surface area contributed by atoms with E-state index in [1.807, 2.05) is 0 Å². The minimum absolute atomic E-state index is 0.0262. The fourth-order valence-corrected chi connectivity index (χ4v) is 3.70. The van der Waals surface area contributed by atoms with Gasteiger partial charge in [0.05, 0.1) is 0 Å². The summed E-state index contributed by atoms with van der Waals surface area (Å²) in [6, 6.07) is 22.3. The zero-order valence-corrected chi connectivity index (χ0v) is 12.3. The Morgan fingerprint density at radius 2 is 1.40 bits per heavy atom. The average Bonchev–Trinajstić information content (AvgIpc) is 2.95. The summed E-state index contributed by atoms with van der Waals surface area (Å²) in [5, 5.41) is 3.74. The predicted molar refractivity (Wildman–Crippen MR) is 84.9 cm³/mol. The van der Waals surface area contributed by atoms with E-state index in [0.29, 0.717) is 12.0 Å². The molecule has 0 spiro atoms. The Labute approximate surface area is 122 Å². The summed E-state index contributed by atoms with van der Waals surface area (Å²) in [6.45, 7) is 5.88. The second kappa shape index (κ2) is 5.41. The van der Waals surface area contributed by atoms with E-state index < -0.39 is 0 Å². The van der Waals surface area contributed by atoms with E-state index in [1.54, 1.807) is 0 Å². The molecular weight excluding hydrogens is 242 g/mol. The van der Waals surface area contributed by atoms with Crippen molar-refractivity contribution in [2.24, 2.45) is 5.92 Å². The van der Waals surface area contributed by atoms with Crippen molar-refractivity contribution in [2.75, 3.05) is 6.54 Å². The van der Waals surface area contributed by atoms with Crippen LogP contribution in [0.4, 0.5) is 0 Å². The SMILES string of the molecule is CC1CCNC1C(C)(c1ccccc1)c1ccccc1. The number of benzene rings is 2. The Morgan fingerprint density at radius 3 is 1.80 bits per heavy atom. The summed E-state index contributed by atoms with van der Waals surface area (Å²) in [4.78, 5) is 0. The first-order chi connectivity index (χ1) is 9.73. The molecule has 0 amide bonds. The van der Waals surface area contributed by atoms with Crippen molar-refractivity contribution in [3.8, 4) is 0 Å². The summed E-state index contributed by atoms with van der Waals surface area (Å²) >= 11 is 0. The minimum atomic E-state index is 0.0262. The smallest absolute Gasteiger partial charge is 0.0330 e. The molecule has 0 bridgehead atoms. The highest BCUT2D eigenvalue weighted by atomic mass is 15.0. The van der Waals surface area contributed by atoms with E-state index in [-0.39, 0.29) is 5.41 Å². The van der Waals surface area contributed by atoms with Crippen molar-refractivity contribution in [1.29, 1.82) is 0 Å². The summed E-state index contributed by atoms with van der Waals surface area (Å²) < 4.78 is 0. The Morgan fingerprint density at radius 1 is 0.900 bits per heavy atom. The molecule has 20 heavy (non-hydrogen) atoms. The van der Waals surface area contributed by atoms with Gasteiger partial charge in [0.2, 0.25) is 0 Å². The van der Waals surface area contributed by atoms with Gasteiger partial charge in [-0.25, -0.2) is 0 Å². The first kappa shape index (κ1) is 13.4. The molecule has 1 fully saturated rings. The number of hydrogen-bond donors (Lipinski definition) is 1. The standard InChI is InChI=1S/C19H23N/c1-15-13-14-20-18(15)19(2,16-9-5-3-6-10-16)17-11-7-4-8-12-17/h3-12,15,18,20H,13-14H2,1-2H3. The van der Waals surface area contributed by atoms with Crippen LogP contribution < -0.4 is 5.32 Å². The van der Waals surface area contributed by atoms with Gasteiger partial charge in [-0.1, -0.05) is 67.6 Å². The third-order valence-electron chi connectivity index (χ3n) is 4.90. The number of hydrogen-bond acceptors (Lipinski definition) is 1. The zero-order valence-electron chi connectivity index (χ0n) is 12.3. The van der Waals surface area contributed by atoms with Gasteiger partial charge in [-0.05, 0) is 36.9 Å². The molecule has 1 saturated heterocycles. The van der Waals surface area contributed by atoms with Gasteiger partial charge in [0.25, 0.3) is 0 Å². The summed E-state index contributed by atoms with van der Waals surface area (Å²) in [7, 11) is 0. The lowest BCUT2D eigenvalue weighted by Crippen LogP contribution is -2.46. The lowest BCUT2D eigenvalue weighted by atomic mass is 9.68. The summed E-state index contributed by atoms with van der Waals surface area (Å²) in [5.41, 5.74) is 2.83. The van der Waals surface area contributed by atoms with Crippen LogP contribution >= 0.6 is 0 Å². The quantitative estimate of drug-likeness (QED) is 0.885. The van der Waals surface area contributed by atoms with Crippen LogP contribution in [0.5, 0.6) is 0 Å². The first-order valence-electron chi connectivity index (χ1n) is 7.57. The summed E-state index contributed by atoms with van der Waals surface area (Å²) in [6.07, 6.45) is 1.26. The fraction of sp³-hybridized carbons (Fsp3) is 0.368. The van der Waals surface area contributed by atoms with Crippen LogP contribution in [0.25, 0.3) is 0 Å². The van der Waals surface area contributed by atoms with E-state index >= 15 is 0 Å². The maximum Gasteiger partial charge on any atom is 0.0330 e.